The molecule has 3 heteroatoms. The van der Waals surface area contributed by atoms with Crippen LogP contribution < -0.4 is 0 Å². The van der Waals surface area contributed by atoms with Crippen LogP contribution in [0.5, 0.6) is 0 Å². The van der Waals surface area contributed by atoms with Gasteiger partial charge in [-0.25, -0.2) is 4.98 Å². The van der Waals surface area contributed by atoms with Gasteiger partial charge in [-0.3, -0.25) is 0 Å². The van der Waals surface area contributed by atoms with Crippen molar-refractivity contribution in [2.24, 2.45) is 7.05 Å². The van der Waals surface area contributed by atoms with Crippen LogP contribution in [0.15, 0.2) is 36.5 Å². The molecule has 0 aliphatic rings. The zero-order valence-electron chi connectivity index (χ0n) is 8.24. The van der Waals surface area contributed by atoms with Crippen molar-refractivity contribution in [2.75, 3.05) is 0 Å². The SMILES string of the molecule is Cn1c2ccccc2c2cc(Cl)cnc21. The summed E-state index contributed by atoms with van der Waals surface area (Å²) in [5.41, 5.74) is 2.16. The maximum absolute atomic E-state index is 5.96. The number of nitrogens with zero attached hydrogens (tertiary/aromatic N) is 2. The van der Waals surface area contributed by atoms with Gasteiger partial charge in [-0.1, -0.05) is 29.8 Å². The predicted octanol–water partition coefficient (Wildman–Crippen LogP) is 3.38. The summed E-state index contributed by atoms with van der Waals surface area (Å²) in [6.07, 6.45) is 1.68. The average molecular weight is 217 g/mol. The number of hydrogen-bond acceptors (Lipinski definition) is 1. The van der Waals surface area contributed by atoms with E-state index >= 15 is 0 Å². The molecule has 0 atom stereocenters. The van der Waals surface area contributed by atoms with E-state index in [1.54, 1.807) is 6.20 Å². The molecule has 0 fully saturated rings. The summed E-state index contributed by atoms with van der Waals surface area (Å²) in [4.78, 5) is 4.35. The summed E-state index contributed by atoms with van der Waals surface area (Å²) < 4.78 is 2.08. The summed E-state index contributed by atoms with van der Waals surface area (Å²) >= 11 is 5.96. The summed E-state index contributed by atoms with van der Waals surface area (Å²) in [7, 11) is 2.02. The molecule has 0 bridgehead atoms. The number of para-hydroxylation sites is 1. The molecular weight excluding hydrogens is 208 g/mol. The van der Waals surface area contributed by atoms with Gasteiger partial charge in [0, 0.05) is 24.0 Å². The Balaban J connectivity index is 2.64. The lowest BCUT2D eigenvalue weighted by atomic mass is 10.2. The third kappa shape index (κ3) is 1.15. The first-order valence-corrected chi connectivity index (χ1v) is 5.14. The average Bonchev–Trinajstić information content (AvgIpc) is 2.54. The third-order valence-corrected chi connectivity index (χ3v) is 2.91. The molecule has 2 nitrogen and oxygen atoms in total. The number of aromatic nitrogens is 2. The van der Waals surface area contributed by atoms with Crippen LogP contribution in [-0.4, -0.2) is 9.55 Å². The quantitative estimate of drug-likeness (QED) is 0.563. The highest BCUT2D eigenvalue weighted by molar-refractivity contribution is 6.31. The zero-order chi connectivity index (χ0) is 10.4. The molecule has 0 saturated heterocycles. The number of aryl methyl sites for hydroxylation is 1. The van der Waals surface area contributed by atoms with E-state index in [1.165, 1.54) is 10.9 Å². The second-order valence-electron chi connectivity index (χ2n) is 3.60. The molecule has 0 aliphatic heterocycles. The van der Waals surface area contributed by atoms with E-state index in [0.29, 0.717) is 5.02 Å². The molecular formula is C12H9ClN2. The molecule has 3 aromatic rings. The van der Waals surface area contributed by atoms with Crippen LogP contribution in [0, 0.1) is 0 Å². The van der Waals surface area contributed by atoms with Gasteiger partial charge < -0.3 is 4.57 Å². The second kappa shape index (κ2) is 2.97. The fraction of sp³-hybridized carbons (Fsp3) is 0.0833. The Morgan fingerprint density at radius 3 is 2.87 bits per heavy atom. The molecule has 3 rings (SSSR count). The fourth-order valence-corrected chi connectivity index (χ4v) is 2.16. The maximum atomic E-state index is 5.96. The van der Waals surface area contributed by atoms with Crippen molar-refractivity contribution in [2.45, 2.75) is 0 Å². The van der Waals surface area contributed by atoms with Gasteiger partial charge in [0.1, 0.15) is 5.65 Å². The Morgan fingerprint density at radius 1 is 1.20 bits per heavy atom. The molecule has 0 aliphatic carbocycles. The number of hydrogen-bond donors (Lipinski definition) is 0. The van der Waals surface area contributed by atoms with Crippen LogP contribution >= 0.6 is 11.6 Å². The van der Waals surface area contributed by atoms with E-state index in [0.717, 1.165) is 11.0 Å². The molecule has 0 radical (unpaired) electrons. The lowest BCUT2D eigenvalue weighted by Crippen LogP contribution is -1.88. The van der Waals surface area contributed by atoms with Crippen molar-refractivity contribution < 1.29 is 0 Å². The Bertz CT molecular complexity index is 655. The fourth-order valence-electron chi connectivity index (χ4n) is 2.01. The van der Waals surface area contributed by atoms with E-state index in [9.17, 15) is 0 Å². The van der Waals surface area contributed by atoms with Crippen LogP contribution in [0.3, 0.4) is 0 Å². The largest absolute Gasteiger partial charge is 0.328 e. The van der Waals surface area contributed by atoms with Crippen molar-refractivity contribution in [3.63, 3.8) is 0 Å². The summed E-state index contributed by atoms with van der Waals surface area (Å²) in [5, 5.41) is 2.99. The molecule has 0 amide bonds. The smallest absolute Gasteiger partial charge is 0.140 e. The first kappa shape index (κ1) is 8.74. The molecule has 74 valence electrons. The van der Waals surface area contributed by atoms with Gasteiger partial charge in [-0.05, 0) is 12.1 Å². The molecule has 0 spiro atoms. The lowest BCUT2D eigenvalue weighted by molar-refractivity contribution is 0.990. The molecule has 2 aromatic heterocycles. The minimum Gasteiger partial charge on any atom is -0.328 e. The van der Waals surface area contributed by atoms with Gasteiger partial charge in [-0.15, -0.1) is 0 Å². The van der Waals surface area contributed by atoms with Gasteiger partial charge in [0.2, 0.25) is 0 Å². The first-order chi connectivity index (χ1) is 7.27. The topological polar surface area (TPSA) is 17.8 Å². The van der Waals surface area contributed by atoms with Gasteiger partial charge in [-0.2, -0.15) is 0 Å². The molecule has 15 heavy (non-hydrogen) atoms. The van der Waals surface area contributed by atoms with E-state index in [4.69, 9.17) is 11.6 Å². The maximum Gasteiger partial charge on any atom is 0.140 e. The summed E-state index contributed by atoms with van der Waals surface area (Å²) in [6, 6.07) is 10.2. The van der Waals surface area contributed by atoms with Crippen molar-refractivity contribution in [3.05, 3.63) is 41.6 Å². The summed E-state index contributed by atoms with van der Waals surface area (Å²) in [5.74, 6) is 0. The van der Waals surface area contributed by atoms with Crippen molar-refractivity contribution in [1.82, 2.24) is 9.55 Å². The number of pyridine rings is 1. The standard InChI is InChI=1S/C12H9ClN2/c1-15-11-5-3-2-4-9(11)10-6-8(13)7-14-12(10)15/h2-7H,1H3. The second-order valence-corrected chi connectivity index (χ2v) is 4.04. The van der Waals surface area contributed by atoms with Gasteiger partial charge in [0.25, 0.3) is 0 Å². The van der Waals surface area contributed by atoms with Crippen LogP contribution in [-0.2, 0) is 7.05 Å². The third-order valence-electron chi connectivity index (χ3n) is 2.71. The van der Waals surface area contributed by atoms with Gasteiger partial charge in [0.15, 0.2) is 0 Å². The highest BCUT2D eigenvalue weighted by Crippen LogP contribution is 2.27. The Labute approximate surface area is 92.1 Å². The molecule has 0 saturated carbocycles. The molecule has 1 aromatic carbocycles. The Kier molecular flexibility index (Phi) is 1.73. The van der Waals surface area contributed by atoms with E-state index < -0.39 is 0 Å². The zero-order valence-corrected chi connectivity index (χ0v) is 8.99. The Hall–Kier alpha value is -1.54. The highest BCUT2D eigenvalue weighted by atomic mass is 35.5. The van der Waals surface area contributed by atoms with Crippen LogP contribution in [0.25, 0.3) is 21.9 Å². The van der Waals surface area contributed by atoms with Gasteiger partial charge >= 0.3 is 0 Å². The predicted molar refractivity (Wildman–Crippen MR) is 63.2 cm³/mol. The van der Waals surface area contributed by atoms with Crippen molar-refractivity contribution >= 4 is 33.5 Å². The summed E-state index contributed by atoms with van der Waals surface area (Å²) in [6.45, 7) is 0. The van der Waals surface area contributed by atoms with Gasteiger partial charge in [0.05, 0.1) is 10.5 Å². The number of rotatable bonds is 0. The van der Waals surface area contributed by atoms with Crippen molar-refractivity contribution in [1.29, 1.82) is 0 Å². The number of fused-ring (bicyclic) bond motifs is 3. The van der Waals surface area contributed by atoms with Crippen LogP contribution in [0.1, 0.15) is 0 Å². The number of halogens is 1. The lowest BCUT2D eigenvalue weighted by Gasteiger charge is -1.95. The normalized spacial score (nSPS) is 11.3. The monoisotopic (exact) mass is 216 g/mol. The molecule has 0 N–H and O–H groups in total. The minimum atomic E-state index is 0.679. The van der Waals surface area contributed by atoms with E-state index in [1.807, 2.05) is 25.2 Å². The Morgan fingerprint density at radius 2 is 2.00 bits per heavy atom. The van der Waals surface area contributed by atoms with Crippen LogP contribution in [0.2, 0.25) is 5.02 Å². The van der Waals surface area contributed by atoms with Crippen molar-refractivity contribution in [3.8, 4) is 0 Å². The molecule has 2 heterocycles. The number of benzene rings is 1. The minimum absolute atomic E-state index is 0.679. The van der Waals surface area contributed by atoms with E-state index in [2.05, 4.69) is 21.7 Å². The first-order valence-electron chi connectivity index (χ1n) is 4.76. The highest BCUT2D eigenvalue weighted by Gasteiger charge is 2.08. The molecule has 0 unspecified atom stereocenters. The van der Waals surface area contributed by atoms with E-state index in [-0.39, 0.29) is 0 Å². The van der Waals surface area contributed by atoms with Crippen LogP contribution in [0.4, 0.5) is 0 Å².